The van der Waals surface area contributed by atoms with Crippen LogP contribution in [0.1, 0.15) is 26.7 Å². The SMILES string of the molecule is CC/C(C)=C\C1=C(N)NC(=O)C1. The highest BCUT2D eigenvalue weighted by Crippen LogP contribution is 2.15. The van der Waals surface area contributed by atoms with Gasteiger partial charge in [0.1, 0.15) is 5.82 Å². The maximum atomic E-state index is 10.9. The third kappa shape index (κ3) is 1.87. The highest BCUT2D eigenvalue weighted by molar-refractivity contribution is 5.84. The second-order valence-electron chi connectivity index (χ2n) is 3.01. The van der Waals surface area contributed by atoms with E-state index in [2.05, 4.69) is 12.2 Å². The third-order valence-corrected chi connectivity index (χ3v) is 1.95. The summed E-state index contributed by atoms with van der Waals surface area (Å²) in [5.74, 6) is 0.496. The standard InChI is InChI=1S/C9H14N2O/c1-3-6(2)4-7-5-8(12)11-9(7)10/h4H,3,5,10H2,1-2H3,(H,11,12)/b6-4-. The summed E-state index contributed by atoms with van der Waals surface area (Å²) in [6.07, 6.45) is 3.39. The molecule has 12 heavy (non-hydrogen) atoms. The van der Waals surface area contributed by atoms with E-state index in [9.17, 15) is 4.79 Å². The first-order valence-electron chi connectivity index (χ1n) is 4.09. The molecule has 1 aliphatic heterocycles. The zero-order chi connectivity index (χ0) is 9.14. The van der Waals surface area contributed by atoms with Gasteiger partial charge in [0.2, 0.25) is 5.91 Å². The van der Waals surface area contributed by atoms with Crippen molar-refractivity contribution in [1.82, 2.24) is 5.32 Å². The molecule has 0 aromatic rings. The Bertz CT molecular complexity index is 264. The highest BCUT2D eigenvalue weighted by atomic mass is 16.1. The summed E-state index contributed by atoms with van der Waals surface area (Å²) >= 11 is 0. The van der Waals surface area contributed by atoms with Gasteiger partial charge in [-0.1, -0.05) is 18.6 Å². The Kier molecular flexibility index (Phi) is 2.53. The number of carbonyl (C=O) groups excluding carboxylic acids is 1. The molecule has 66 valence electrons. The van der Waals surface area contributed by atoms with Crippen molar-refractivity contribution in [2.45, 2.75) is 26.7 Å². The lowest BCUT2D eigenvalue weighted by Gasteiger charge is -1.96. The van der Waals surface area contributed by atoms with Crippen LogP contribution in [-0.4, -0.2) is 5.91 Å². The van der Waals surface area contributed by atoms with E-state index < -0.39 is 0 Å². The summed E-state index contributed by atoms with van der Waals surface area (Å²) < 4.78 is 0. The Morgan fingerprint density at radius 2 is 2.42 bits per heavy atom. The minimum Gasteiger partial charge on any atom is -0.385 e. The van der Waals surface area contributed by atoms with Crippen molar-refractivity contribution in [3.63, 3.8) is 0 Å². The third-order valence-electron chi connectivity index (χ3n) is 1.95. The quantitative estimate of drug-likeness (QED) is 0.643. The van der Waals surface area contributed by atoms with Gasteiger partial charge in [-0.05, 0) is 13.3 Å². The molecule has 3 nitrogen and oxygen atoms in total. The summed E-state index contributed by atoms with van der Waals surface area (Å²) in [5.41, 5.74) is 7.73. The van der Waals surface area contributed by atoms with Crippen LogP contribution in [0.15, 0.2) is 23.0 Å². The van der Waals surface area contributed by atoms with Gasteiger partial charge in [-0.15, -0.1) is 0 Å². The van der Waals surface area contributed by atoms with Gasteiger partial charge in [0.25, 0.3) is 0 Å². The maximum absolute atomic E-state index is 10.9. The van der Waals surface area contributed by atoms with E-state index in [1.165, 1.54) is 5.57 Å². The van der Waals surface area contributed by atoms with Crippen LogP contribution in [0, 0.1) is 0 Å². The van der Waals surface area contributed by atoms with Crippen LogP contribution in [0.2, 0.25) is 0 Å². The van der Waals surface area contributed by atoms with Crippen molar-refractivity contribution in [2.24, 2.45) is 5.73 Å². The average Bonchev–Trinajstić information content (AvgIpc) is 2.30. The molecule has 1 heterocycles. The van der Waals surface area contributed by atoms with E-state index in [1.807, 2.05) is 13.0 Å². The van der Waals surface area contributed by atoms with Gasteiger partial charge in [-0.2, -0.15) is 0 Å². The van der Waals surface area contributed by atoms with Crippen molar-refractivity contribution in [3.05, 3.63) is 23.0 Å². The van der Waals surface area contributed by atoms with Crippen molar-refractivity contribution >= 4 is 5.91 Å². The lowest BCUT2D eigenvalue weighted by molar-refractivity contribution is -0.118. The summed E-state index contributed by atoms with van der Waals surface area (Å²) in [7, 11) is 0. The Hall–Kier alpha value is -1.25. The molecule has 0 aliphatic carbocycles. The number of hydrogen-bond donors (Lipinski definition) is 2. The first-order valence-corrected chi connectivity index (χ1v) is 4.09. The van der Waals surface area contributed by atoms with Gasteiger partial charge >= 0.3 is 0 Å². The Balaban J connectivity index is 2.76. The van der Waals surface area contributed by atoms with Crippen molar-refractivity contribution < 1.29 is 4.79 Å². The van der Waals surface area contributed by atoms with Crippen molar-refractivity contribution in [3.8, 4) is 0 Å². The van der Waals surface area contributed by atoms with Gasteiger partial charge in [-0.3, -0.25) is 4.79 Å². The van der Waals surface area contributed by atoms with Crippen molar-refractivity contribution in [2.75, 3.05) is 0 Å². The highest BCUT2D eigenvalue weighted by Gasteiger charge is 2.16. The first-order chi connectivity index (χ1) is 5.63. The zero-order valence-corrected chi connectivity index (χ0v) is 7.48. The molecule has 0 bridgehead atoms. The largest absolute Gasteiger partial charge is 0.385 e. The molecule has 3 heteroatoms. The van der Waals surface area contributed by atoms with Crippen LogP contribution in [0.25, 0.3) is 0 Å². The van der Waals surface area contributed by atoms with Crippen LogP contribution >= 0.6 is 0 Å². The molecule has 0 saturated carbocycles. The number of carbonyl (C=O) groups is 1. The van der Waals surface area contributed by atoms with E-state index in [4.69, 9.17) is 5.73 Å². The van der Waals surface area contributed by atoms with Gasteiger partial charge in [-0.25, -0.2) is 0 Å². The second kappa shape index (κ2) is 3.43. The molecular formula is C9H14N2O. The van der Waals surface area contributed by atoms with Gasteiger partial charge in [0, 0.05) is 5.57 Å². The molecular weight excluding hydrogens is 152 g/mol. The predicted molar refractivity (Wildman–Crippen MR) is 48.0 cm³/mol. The molecule has 0 saturated heterocycles. The Morgan fingerprint density at radius 1 is 1.75 bits per heavy atom. The van der Waals surface area contributed by atoms with Crippen molar-refractivity contribution in [1.29, 1.82) is 0 Å². The maximum Gasteiger partial charge on any atom is 0.230 e. The molecule has 0 aromatic heterocycles. The molecule has 1 aliphatic rings. The van der Waals surface area contributed by atoms with Crippen LogP contribution in [0.3, 0.4) is 0 Å². The fourth-order valence-corrected chi connectivity index (χ4v) is 1.07. The topological polar surface area (TPSA) is 55.1 Å². The van der Waals surface area contributed by atoms with Crippen LogP contribution < -0.4 is 11.1 Å². The van der Waals surface area contributed by atoms with Gasteiger partial charge in [0.15, 0.2) is 0 Å². The van der Waals surface area contributed by atoms with E-state index in [1.54, 1.807) is 0 Å². The number of rotatable bonds is 2. The summed E-state index contributed by atoms with van der Waals surface area (Å²) in [4.78, 5) is 10.9. The van der Waals surface area contributed by atoms with E-state index in [0.717, 1.165) is 12.0 Å². The normalized spacial score (nSPS) is 18.5. The molecule has 0 atom stereocenters. The lowest BCUT2D eigenvalue weighted by Crippen LogP contribution is -2.19. The minimum absolute atomic E-state index is 0.0114. The summed E-state index contributed by atoms with van der Waals surface area (Å²) in [6, 6.07) is 0. The fourth-order valence-electron chi connectivity index (χ4n) is 1.07. The van der Waals surface area contributed by atoms with Gasteiger partial charge in [0.05, 0.1) is 6.42 Å². The fraction of sp³-hybridized carbons (Fsp3) is 0.444. The summed E-state index contributed by atoms with van der Waals surface area (Å²) in [6.45, 7) is 4.11. The summed E-state index contributed by atoms with van der Waals surface area (Å²) in [5, 5.41) is 2.57. The number of allylic oxidation sites excluding steroid dienone is 2. The van der Waals surface area contributed by atoms with Crippen LogP contribution in [0.4, 0.5) is 0 Å². The molecule has 0 aromatic carbocycles. The van der Waals surface area contributed by atoms with Gasteiger partial charge < -0.3 is 11.1 Å². The minimum atomic E-state index is -0.0114. The van der Waals surface area contributed by atoms with Crippen LogP contribution in [0.5, 0.6) is 0 Å². The van der Waals surface area contributed by atoms with E-state index in [0.29, 0.717) is 12.2 Å². The van der Waals surface area contributed by atoms with Crippen LogP contribution in [-0.2, 0) is 4.79 Å². The molecule has 0 fully saturated rings. The Labute approximate surface area is 72.3 Å². The monoisotopic (exact) mass is 166 g/mol. The zero-order valence-electron chi connectivity index (χ0n) is 7.48. The average molecular weight is 166 g/mol. The van der Waals surface area contributed by atoms with E-state index in [-0.39, 0.29) is 5.91 Å². The molecule has 1 amide bonds. The number of hydrogen-bond acceptors (Lipinski definition) is 2. The second-order valence-corrected chi connectivity index (χ2v) is 3.01. The first kappa shape index (κ1) is 8.84. The molecule has 0 spiro atoms. The predicted octanol–water partition coefficient (Wildman–Crippen LogP) is 1.03. The molecule has 1 rings (SSSR count). The molecule has 0 unspecified atom stereocenters. The smallest absolute Gasteiger partial charge is 0.230 e. The number of nitrogens with one attached hydrogen (secondary N) is 1. The lowest BCUT2D eigenvalue weighted by atomic mass is 10.1. The number of amides is 1. The molecule has 0 radical (unpaired) electrons. The number of nitrogens with two attached hydrogens (primary N) is 1. The van der Waals surface area contributed by atoms with E-state index >= 15 is 0 Å². The molecule has 3 N–H and O–H groups in total. The Morgan fingerprint density at radius 3 is 2.83 bits per heavy atom.